The van der Waals surface area contributed by atoms with Crippen LogP contribution in [-0.2, 0) is 9.59 Å². The molecule has 1 aromatic carbocycles. The lowest BCUT2D eigenvalue weighted by molar-refractivity contribution is -0.135. The number of nitriles is 1. The molecule has 0 saturated heterocycles. The van der Waals surface area contributed by atoms with Gasteiger partial charge in [-0.3, -0.25) is 14.9 Å². The number of hydrogen-bond donors (Lipinski definition) is 1. The van der Waals surface area contributed by atoms with Gasteiger partial charge in [0.15, 0.2) is 5.13 Å². The second-order valence-corrected chi connectivity index (χ2v) is 5.10. The van der Waals surface area contributed by atoms with Crippen molar-refractivity contribution in [3.8, 4) is 6.07 Å². The standard InChI is InChI=1S/C13H8ClN3O2S/c14-9-3-1-8(2-4-9)10(7-15)11(18)12(19)17-13-16-5-6-20-13/h1-6,10H,(H,16,17,19). The van der Waals surface area contributed by atoms with Crippen LogP contribution in [0.15, 0.2) is 35.8 Å². The number of carbonyl (C=O) groups is 2. The number of thiazole rings is 1. The Labute approximate surface area is 123 Å². The minimum absolute atomic E-state index is 0.316. The van der Waals surface area contributed by atoms with Crippen molar-refractivity contribution in [1.82, 2.24) is 4.98 Å². The zero-order chi connectivity index (χ0) is 14.5. The van der Waals surface area contributed by atoms with Crippen LogP contribution in [0.5, 0.6) is 0 Å². The summed E-state index contributed by atoms with van der Waals surface area (Å²) >= 11 is 6.93. The molecule has 7 heteroatoms. The molecule has 2 rings (SSSR count). The minimum Gasteiger partial charge on any atom is -0.295 e. The van der Waals surface area contributed by atoms with E-state index < -0.39 is 17.6 Å². The van der Waals surface area contributed by atoms with Crippen molar-refractivity contribution in [3.63, 3.8) is 0 Å². The molecule has 1 heterocycles. The van der Waals surface area contributed by atoms with E-state index in [2.05, 4.69) is 10.3 Å². The number of aromatic nitrogens is 1. The maximum absolute atomic E-state index is 12.0. The number of anilines is 1. The number of benzene rings is 1. The SMILES string of the molecule is N#CC(C(=O)C(=O)Nc1nccs1)c1ccc(Cl)cc1. The average molecular weight is 306 g/mol. The predicted molar refractivity (Wildman–Crippen MR) is 75.6 cm³/mol. The fourth-order valence-electron chi connectivity index (χ4n) is 1.51. The smallest absolute Gasteiger partial charge is 0.295 e. The molecule has 1 amide bonds. The maximum atomic E-state index is 12.0. The Hall–Kier alpha value is -2.23. The van der Waals surface area contributed by atoms with Crippen molar-refractivity contribution in [1.29, 1.82) is 5.26 Å². The van der Waals surface area contributed by atoms with E-state index >= 15 is 0 Å². The summed E-state index contributed by atoms with van der Waals surface area (Å²) in [6.45, 7) is 0. The van der Waals surface area contributed by atoms with Crippen LogP contribution < -0.4 is 5.32 Å². The first-order chi connectivity index (χ1) is 9.61. The molecule has 0 aliphatic rings. The Balaban J connectivity index is 2.15. The first kappa shape index (κ1) is 14.2. The van der Waals surface area contributed by atoms with Gasteiger partial charge in [0.1, 0.15) is 5.92 Å². The highest BCUT2D eigenvalue weighted by atomic mass is 35.5. The number of carbonyl (C=O) groups excluding carboxylic acids is 2. The van der Waals surface area contributed by atoms with E-state index in [4.69, 9.17) is 16.9 Å². The second kappa shape index (κ2) is 6.28. The summed E-state index contributed by atoms with van der Waals surface area (Å²) in [6, 6.07) is 8.05. The van der Waals surface area contributed by atoms with Gasteiger partial charge in [0.25, 0.3) is 5.91 Å². The summed E-state index contributed by atoms with van der Waals surface area (Å²) in [6.07, 6.45) is 1.51. The molecular weight excluding hydrogens is 298 g/mol. The van der Waals surface area contributed by atoms with Crippen molar-refractivity contribution >= 4 is 39.8 Å². The number of hydrogen-bond acceptors (Lipinski definition) is 5. The molecule has 5 nitrogen and oxygen atoms in total. The van der Waals surface area contributed by atoms with Gasteiger partial charge in [-0.1, -0.05) is 23.7 Å². The van der Waals surface area contributed by atoms with E-state index in [0.717, 1.165) is 0 Å². The lowest BCUT2D eigenvalue weighted by atomic mass is 9.96. The Morgan fingerprint density at radius 1 is 1.35 bits per heavy atom. The molecular formula is C13H8ClN3O2S. The first-order valence-electron chi connectivity index (χ1n) is 5.51. The summed E-state index contributed by atoms with van der Waals surface area (Å²) < 4.78 is 0. The first-order valence-corrected chi connectivity index (χ1v) is 6.77. The summed E-state index contributed by atoms with van der Waals surface area (Å²) in [5.74, 6) is -2.85. The molecule has 20 heavy (non-hydrogen) atoms. The molecule has 0 radical (unpaired) electrons. The molecule has 0 spiro atoms. The van der Waals surface area contributed by atoms with Crippen molar-refractivity contribution < 1.29 is 9.59 Å². The fourth-order valence-corrected chi connectivity index (χ4v) is 2.16. The summed E-state index contributed by atoms with van der Waals surface area (Å²) in [5.41, 5.74) is 0.427. The van der Waals surface area contributed by atoms with E-state index in [1.165, 1.54) is 17.5 Å². The number of Topliss-reactive ketones (excluding diaryl/α,β-unsaturated/α-hetero) is 1. The highest BCUT2D eigenvalue weighted by Gasteiger charge is 2.27. The number of amides is 1. The highest BCUT2D eigenvalue weighted by molar-refractivity contribution is 7.13. The molecule has 2 aromatic rings. The highest BCUT2D eigenvalue weighted by Crippen LogP contribution is 2.20. The molecule has 100 valence electrons. The number of nitrogens with one attached hydrogen (secondary N) is 1. The zero-order valence-electron chi connectivity index (χ0n) is 10.0. The van der Waals surface area contributed by atoms with Gasteiger partial charge in [0, 0.05) is 16.6 Å². The number of rotatable bonds is 4. The van der Waals surface area contributed by atoms with Crippen molar-refractivity contribution in [3.05, 3.63) is 46.4 Å². The lowest BCUT2D eigenvalue weighted by Crippen LogP contribution is -2.27. The van der Waals surface area contributed by atoms with Gasteiger partial charge in [-0.15, -0.1) is 11.3 Å². The predicted octanol–water partition coefficient (Wildman–Crippen LogP) is 2.61. The summed E-state index contributed by atoms with van der Waals surface area (Å²) in [4.78, 5) is 27.6. The maximum Gasteiger partial charge on any atom is 0.295 e. The Morgan fingerprint density at radius 2 is 2.05 bits per heavy atom. The monoisotopic (exact) mass is 305 g/mol. The molecule has 0 saturated carbocycles. The molecule has 0 fully saturated rings. The third-order valence-corrected chi connectivity index (χ3v) is 3.41. The number of nitrogens with zero attached hydrogens (tertiary/aromatic N) is 2. The van der Waals surface area contributed by atoms with Gasteiger partial charge in [0.05, 0.1) is 6.07 Å². The van der Waals surface area contributed by atoms with Gasteiger partial charge in [-0.05, 0) is 17.7 Å². The largest absolute Gasteiger partial charge is 0.295 e. The zero-order valence-corrected chi connectivity index (χ0v) is 11.6. The Morgan fingerprint density at radius 3 is 2.60 bits per heavy atom. The average Bonchev–Trinajstić information content (AvgIpc) is 2.94. The molecule has 0 bridgehead atoms. The van der Waals surface area contributed by atoms with E-state index in [1.807, 2.05) is 6.07 Å². The quantitative estimate of drug-likeness (QED) is 0.880. The Bertz CT molecular complexity index is 662. The molecule has 1 unspecified atom stereocenters. The van der Waals surface area contributed by atoms with Crippen LogP contribution in [0.1, 0.15) is 11.5 Å². The van der Waals surface area contributed by atoms with Crippen LogP contribution in [0.25, 0.3) is 0 Å². The molecule has 1 atom stereocenters. The molecule has 0 aliphatic carbocycles. The summed E-state index contributed by atoms with van der Waals surface area (Å²) in [7, 11) is 0. The van der Waals surface area contributed by atoms with Crippen LogP contribution in [0, 0.1) is 11.3 Å². The van der Waals surface area contributed by atoms with Crippen molar-refractivity contribution in [2.45, 2.75) is 5.92 Å². The Kier molecular flexibility index (Phi) is 4.45. The topological polar surface area (TPSA) is 82.8 Å². The molecule has 0 aliphatic heterocycles. The van der Waals surface area contributed by atoms with Crippen LogP contribution in [0.2, 0.25) is 5.02 Å². The third kappa shape index (κ3) is 3.20. The number of ketones is 1. The summed E-state index contributed by atoms with van der Waals surface area (Å²) in [5, 5.41) is 13.9. The van der Waals surface area contributed by atoms with Crippen LogP contribution >= 0.6 is 22.9 Å². The van der Waals surface area contributed by atoms with Gasteiger partial charge in [-0.25, -0.2) is 4.98 Å². The molecule has 1 aromatic heterocycles. The third-order valence-electron chi connectivity index (χ3n) is 2.47. The number of halogens is 1. The van der Waals surface area contributed by atoms with Gasteiger partial charge in [-0.2, -0.15) is 5.26 Å². The van der Waals surface area contributed by atoms with E-state index in [0.29, 0.717) is 15.7 Å². The van der Waals surface area contributed by atoms with Crippen LogP contribution in [0.4, 0.5) is 5.13 Å². The second-order valence-electron chi connectivity index (χ2n) is 3.77. The van der Waals surface area contributed by atoms with Gasteiger partial charge in [0.2, 0.25) is 5.78 Å². The van der Waals surface area contributed by atoms with E-state index in [9.17, 15) is 9.59 Å². The van der Waals surface area contributed by atoms with Gasteiger partial charge >= 0.3 is 0 Å². The van der Waals surface area contributed by atoms with Crippen molar-refractivity contribution in [2.75, 3.05) is 5.32 Å². The van der Waals surface area contributed by atoms with Crippen molar-refractivity contribution in [2.24, 2.45) is 0 Å². The molecule has 1 N–H and O–H groups in total. The minimum atomic E-state index is -1.16. The van der Waals surface area contributed by atoms with E-state index in [-0.39, 0.29) is 0 Å². The lowest BCUT2D eigenvalue weighted by Gasteiger charge is -2.07. The van der Waals surface area contributed by atoms with Gasteiger partial charge < -0.3 is 0 Å². The fraction of sp³-hybridized carbons (Fsp3) is 0.0769. The normalized spacial score (nSPS) is 11.4. The van der Waals surface area contributed by atoms with Crippen LogP contribution in [-0.4, -0.2) is 16.7 Å². The van der Waals surface area contributed by atoms with Crippen LogP contribution in [0.3, 0.4) is 0 Å². The van der Waals surface area contributed by atoms with E-state index in [1.54, 1.807) is 29.6 Å².